The Hall–Kier alpha value is -2.70. The Balaban J connectivity index is 2.08. The van der Waals surface area contributed by atoms with E-state index in [2.05, 4.69) is 5.10 Å². The van der Waals surface area contributed by atoms with E-state index in [4.69, 9.17) is 4.74 Å². The molecule has 2 aromatic rings. The molecule has 118 valence electrons. The summed E-state index contributed by atoms with van der Waals surface area (Å²) in [6.45, 7) is 1.88. The standard InChI is InChI=1S/C17H16N2O4/c1-11-5-3-7-13(9-11)19-16(20)17(21,22)15(18-19)12-6-4-8-14(10-12)23-2/h3-10,21-22H,1-2H3. The van der Waals surface area contributed by atoms with Crippen LogP contribution in [0.15, 0.2) is 53.6 Å². The van der Waals surface area contributed by atoms with Crippen molar-refractivity contribution in [2.75, 3.05) is 12.1 Å². The monoisotopic (exact) mass is 312 g/mol. The number of hydrogen-bond acceptors (Lipinski definition) is 5. The van der Waals surface area contributed by atoms with Gasteiger partial charge in [-0.05, 0) is 36.8 Å². The van der Waals surface area contributed by atoms with Crippen LogP contribution >= 0.6 is 0 Å². The van der Waals surface area contributed by atoms with Gasteiger partial charge in [0.2, 0.25) is 0 Å². The molecule has 0 atom stereocenters. The van der Waals surface area contributed by atoms with E-state index >= 15 is 0 Å². The van der Waals surface area contributed by atoms with Crippen LogP contribution in [0, 0.1) is 6.92 Å². The predicted octanol–water partition coefficient (Wildman–Crippen LogP) is 1.44. The predicted molar refractivity (Wildman–Crippen MR) is 85.4 cm³/mol. The molecule has 0 saturated heterocycles. The number of carbonyl (C=O) groups is 1. The Bertz CT molecular complexity index is 799. The third kappa shape index (κ3) is 2.58. The number of hydrogen-bond donors (Lipinski definition) is 2. The number of hydrazone groups is 1. The molecule has 2 N–H and O–H groups in total. The Labute approximate surface area is 133 Å². The van der Waals surface area contributed by atoms with Gasteiger partial charge in [0.1, 0.15) is 11.5 Å². The zero-order chi connectivity index (χ0) is 16.6. The van der Waals surface area contributed by atoms with E-state index in [0.717, 1.165) is 10.6 Å². The molecule has 0 bridgehead atoms. The number of ether oxygens (including phenoxy) is 1. The third-order valence-electron chi connectivity index (χ3n) is 3.61. The summed E-state index contributed by atoms with van der Waals surface area (Å²) in [6, 6.07) is 13.7. The largest absolute Gasteiger partial charge is 0.497 e. The Morgan fingerprint density at radius 2 is 1.87 bits per heavy atom. The maximum Gasteiger partial charge on any atom is 0.314 e. The minimum absolute atomic E-state index is 0.136. The van der Waals surface area contributed by atoms with Crippen molar-refractivity contribution in [3.05, 3.63) is 59.7 Å². The van der Waals surface area contributed by atoms with Crippen molar-refractivity contribution in [1.29, 1.82) is 0 Å². The molecule has 0 spiro atoms. The van der Waals surface area contributed by atoms with Crippen LogP contribution in [0.1, 0.15) is 11.1 Å². The lowest BCUT2D eigenvalue weighted by atomic mass is 10.0. The molecule has 0 radical (unpaired) electrons. The number of aryl methyl sites for hydroxylation is 1. The van der Waals surface area contributed by atoms with Crippen molar-refractivity contribution in [3.63, 3.8) is 0 Å². The Morgan fingerprint density at radius 1 is 1.13 bits per heavy atom. The van der Waals surface area contributed by atoms with Crippen molar-refractivity contribution < 1.29 is 19.7 Å². The molecule has 1 amide bonds. The number of aliphatic hydroxyl groups is 2. The molecule has 1 aliphatic rings. The van der Waals surface area contributed by atoms with E-state index in [1.807, 2.05) is 13.0 Å². The van der Waals surface area contributed by atoms with Gasteiger partial charge in [-0.2, -0.15) is 10.1 Å². The van der Waals surface area contributed by atoms with Gasteiger partial charge < -0.3 is 14.9 Å². The van der Waals surface area contributed by atoms with Crippen LogP contribution in [-0.2, 0) is 4.79 Å². The van der Waals surface area contributed by atoms with E-state index in [-0.39, 0.29) is 5.71 Å². The summed E-state index contributed by atoms with van der Waals surface area (Å²) < 4.78 is 5.12. The number of carbonyl (C=O) groups excluding carboxylic acids is 1. The molecule has 0 saturated carbocycles. The zero-order valence-electron chi connectivity index (χ0n) is 12.7. The van der Waals surface area contributed by atoms with Gasteiger partial charge in [0.25, 0.3) is 5.79 Å². The molecular weight excluding hydrogens is 296 g/mol. The van der Waals surface area contributed by atoms with Gasteiger partial charge in [0.05, 0.1) is 12.8 Å². The highest BCUT2D eigenvalue weighted by molar-refractivity contribution is 6.26. The molecule has 1 heterocycles. The first-order chi connectivity index (χ1) is 10.9. The van der Waals surface area contributed by atoms with E-state index in [1.54, 1.807) is 42.5 Å². The van der Waals surface area contributed by atoms with Gasteiger partial charge in [0, 0.05) is 5.56 Å². The van der Waals surface area contributed by atoms with Crippen LogP contribution in [0.3, 0.4) is 0 Å². The molecular formula is C17H16N2O4. The minimum Gasteiger partial charge on any atom is -0.497 e. The van der Waals surface area contributed by atoms with Crippen molar-refractivity contribution in [1.82, 2.24) is 0 Å². The molecule has 0 unspecified atom stereocenters. The Morgan fingerprint density at radius 3 is 2.57 bits per heavy atom. The summed E-state index contributed by atoms with van der Waals surface area (Å²) in [5, 5.41) is 25.6. The highest BCUT2D eigenvalue weighted by atomic mass is 16.5. The SMILES string of the molecule is COc1cccc(C2=NN(c3cccc(C)c3)C(=O)C2(O)O)c1. The van der Waals surface area contributed by atoms with E-state index in [0.29, 0.717) is 17.0 Å². The lowest BCUT2D eigenvalue weighted by Crippen LogP contribution is -2.46. The quantitative estimate of drug-likeness (QED) is 0.840. The molecule has 6 heteroatoms. The number of anilines is 1. The lowest BCUT2D eigenvalue weighted by Gasteiger charge is -2.17. The molecule has 3 rings (SSSR count). The van der Waals surface area contributed by atoms with Crippen molar-refractivity contribution in [2.24, 2.45) is 5.10 Å². The van der Waals surface area contributed by atoms with Gasteiger partial charge in [-0.1, -0.05) is 24.3 Å². The van der Waals surface area contributed by atoms with E-state index in [9.17, 15) is 15.0 Å². The van der Waals surface area contributed by atoms with E-state index < -0.39 is 11.7 Å². The summed E-state index contributed by atoms with van der Waals surface area (Å²) in [4.78, 5) is 12.4. The maximum atomic E-state index is 12.4. The molecule has 6 nitrogen and oxygen atoms in total. The number of amides is 1. The normalized spacial score (nSPS) is 16.4. The van der Waals surface area contributed by atoms with Crippen molar-refractivity contribution in [2.45, 2.75) is 12.7 Å². The number of nitrogens with zero attached hydrogens (tertiary/aromatic N) is 2. The highest BCUT2D eigenvalue weighted by Crippen LogP contribution is 2.29. The first kappa shape index (κ1) is 15.2. The fraction of sp³-hybridized carbons (Fsp3) is 0.176. The zero-order valence-corrected chi connectivity index (χ0v) is 12.7. The van der Waals surface area contributed by atoms with Crippen LogP contribution in [0.4, 0.5) is 5.69 Å². The first-order valence-electron chi connectivity index (χ1n) is 7.03. The van der Waals surface area contributed by atoms with Gasteiger partial charge >= 0.3 is 5.91 Å². The molecule has 0 aromatic heterocycles. The van der Waals surface area contributed by atoms with Crippen molar-refractivity contribution >= 4 is 17.3 Å². The fourth-order valence-electron chi connectivity index (χ4n) is 2.43. The van der Waals surface area contributed by atoms with E-state index in [1.165, 1.54) is 7.11 Å². The molecule has 0 fully saturated rings. The summed E-state index contributed by atoms with van der Waals surface area (Å²) in [6.07, 6.45) is 0. The highest BCUT2D eigenvalue weighted by Gasteiger charge is 2.49. The lowest BCUT2D eigenvalue weighted by molar-refractivity contribution is -0.155. The van der Waals surface area contributed by atoms with Crippen molar-refractivity contribution in [3.8, 4) is 5.75 Å². The van der Waals surface area contributed by atoms with Crippen LogP contribution < -0.4 is 9.75 Å². The molecule has 23 heavy (non-hydrogen) atoms. The Kier molecular flexibility index (Phi) is 3.63. The van der Waals surface area contributed by atoms with Gasteiger partial charge in [0.15, 0.2) is 0 Å². The average Bonchev–Trinajstić information content (AvgIpc) is 2.78. The topological polar surface area (TPSA) is 82.4 Å². The second-order valence-corrected chi connectivity index (χ2v) is 5.31. The number of benzene rings is 2. The molecule has 1 aliphatic heterocycles. The number of rotatable bonds is 3. The smallest absolute Gasteiger partial charge is 0.314 e. The maximum absolute atomic E-state index is 12.4. The molecule has 2 aromatic carbocycles. The van der Waals surface area contributed by atoms with Crippen LogP contribution in [0.25, 0.3) is 0 Å². The average molecular weight is 312 g/mol. The summed E-state index contributed by atoms with van der Waals surface area (Å²) in [5.41, 5.74) is 1.67. The summed E-state index contributed by atoms with van der Waals surface area (Å²) >= 11 is 0. The van der Waals surface area contributed by atoms with Crippen LogP contribution in [0.2, 0.25) is 0 Å². The summed E-state index contributed by atoms with van der Waals surface area (Å²) in [7, 11) is 1.50. The third-order valence-corrected chi connectivity index (χ3v) is 3.61. The van der Waals surface area contributed by atoms with Crippen LogP contribution in [0.5, 0.6) is 5.75 Å². The molecule has 0 aliphatic carbocycles. The first-order valence-corrected chi connectivity index (χ1v) is 7.03. The second kappa shape index (κ2) is 5.49. The van der Waals surface area contributed by atoms with Gasteiger partial charge in [-0.15, -0.1) is 0 Å². The van der Waals surface area contributed by atoms with Crippen LogP contribution in [-0.4, -0.2) is 34.7 Å². The van der Waals surface area contributed by atoms with Gasteiger partial charge in [-0.3, -0.25) is 4.79 Å². The summed E-state index contributed by atoms with van der Waals surface area (Å²) in [5.74, 6) is -3.07. The van der Waals surface area contributed by atoms with Gasteiger partial charge in [-0.25, -0.2) is 0 Å². The second-order valence-electron chi connectivity index (χ2n) is 5.31. The minimum atomic E-state index is -2.68. The fourth-order valence-corrected chi connectivity index (χ4v) is 2.43. The number of methoxy groups -OCH3 is 1.